The Morgan fingerprint density at radius 2 is 1.91 bits per heavy atom. The Balaban J connectivity index is 2.59. The molecule has 23 heavy (non-hydrogen) atoms. The molecule has 0 fully saturated rings. The van der Waals surface area contributed by atoms with Crippen LogP contribution in [0.2, 0.25) is 0 Å². The Bertz CT molecular complexity index is 537. The summed E-state index contributed by atoms with van der Waals surface area (Å²) in [6, 6.07) is -1.08. The summed E-state index contributed by atoms with van der Waals surface area (Å²) in [4.78, 5) is 57.4. The fourth-order valence-corrected chi connectivity index (χ4v) is 1.86. The highest BCUT2D eigenvalue weighted by atomic mass is 32.2. The van der Waals surface area contributed by atoms with E-state index >= 15 is 0 Å². The summed E-state index contributed by atoms with van der Waals surface area (Å²) in [5.74, 6) is -4.12. The maximum Gasteiger partial charge on any atom is 0.375 e. The molecule has 0 saturated carbocycles. The minimum absolute atomic E-state index is 0.0202. The number of hydrogen-bond donors (Lipinski definition) is 4. The highest BCUT2D eigenvalue weighted by Gasteiger charge is 2.29. The minimum Gasteiger partial charge on any atom is -0.480 e. The number of carbonyl (C=O) groups is 5. The summed E-state index contributed by atoms with van der Waals surface area (Å²) in [5.41, 5.74) is 0. The van der Waals surface area contributed by atoms with Gasteiger partial charge in [0.05, 0.1) is 0 Å². The van der Waals surface area contributed by atoms with Gasteiger partial charge in [-0.2, -0.15) is 0 Å². The number of hydrogen-bond acceptors (Lipinski definition) is 7. The normalized spacial score (nSPS) is 14.6. The number of aliphatic carboxylic acids is 1. The van der Waals surface area contributed by atoms with Gasteiger partial charge in [0.15, 0.2) is 5.81 Å². The first-order valence-electron chi connectivity index (χ1n) is 6.31. The van der Waals surface area contributed by atoms with Crippen molar-refractivity contribution in [3.8, 4) is 0 Å². The van der Waals surface area contributed by atoms with Crippen molar-refractivity contribution in [2.24, 2.45) is 0 Å². The van der Waals surface area contributed by atoms with Crippen molar-refractivity contribution in [2.45, 2.75) is 6.04 Å². The van der Waals surface area contributed by atoms with E-state index in [-0.39, 0.29) is 6.54 Å². The lowest BCUT2D eigenvalue weighted by atomic mass is 9.89. The number of carbonyl (C=O) groups excluding carboxylic acids is 4. The van der Waals surface area contributed by atoms with E-state index in [1.807, 2.05) is 0 Å². The fourth-order valence-electron chi connectivity index (χ4n) is 1.53. The van der Waals surface area contributed by atoms with Gasteiger partial charge in [-0.3, -0.25) is 28.7 Å². The Labute approximate surface area is 136 Å². The monoisotopic (exact) mass is 341 g/mol. The van der Waals surface area contributed by atoms with E-state index in [2.05, 4.69) is 15.4 Å². The predicted molar refractivity (Wildman–Crippen MR) is 81.2 cm³/mol. The van der Waals surface area contributed by atoms with Crippen molar-refractivity contribution in [3.05, 3.63) is 12.2 Å². The van der Waals surface area contributed by atoms with Crippen molar-refractivity contribution in [2.75, 3.05) is 19.3 Å². The molecule has 10 nitrogen and oxygen atoms in total. The van der Waals surface area contributed by atoms with Crippen molar-refractivity contribution >= 4 is 48.9 Å². The predicted octanol–water partition coefficient (Wildman–Crippen LogP) is -2.32. The van der Waals surface area contributed by atoms with Gasteiger partial charge in [0.25, 0.3) is 0 Å². The van der Waals surface area contributed by atoms with Gasteiger partial charge >= 0.3 is 13.4 Å². The summed E-state index contributed by atoms with van der Waals surface area (Å²) in [5, 5.41) is 13.0. The molecule has 12 heteroatoms. The molecule has 4 N–H and O–H groups in total. The zero-order valence-electron chi connectivity index (χ0n) is 12.1. The van der Waals surface area contributed by atoms with Crippen molar-refractivity contribution in [1.82, 2.24) is 20.2 Å². The van der Waals surface area contributed by atoms with Crippen LogP contribution in [0.3, 0.4) is 0 Å². The summed E-state index contributed by atoms with van der Waals surface area (Å²) in [7, 11) is 0.737. The molecule has 1 rings (SSSR count). The zero-order valence-corrected chi connectivity index (χ0v) is 12.9. The van der Waals surface area contributed by atoms with Crippen LogP contribution in [0.4, 0.5) is 4.79 Å². The van der Waals surface area contributed by atoms with E-state index in [0.717, 1.165) is 19.6 Å². The molecule has 4 amide bonds. The van der Waals surface area contributed by atoms with Crippen molar-refractivity contribution < 1.29 is 29.1 Å². The SMILES string of the molecule is CSNCC(NC(=O)[B]N1C(=O)C=CC1=O)C(=O)NCC(=O)O. The van der Waals surface area contributed by atoms with E-state index in [1.54, 1.807) is 6.26 Å². The quantitative estimate of drug-likeness (QED) is 0.208. The van der Waals surface area contributed by atoms with Crippen molar-refractivity contribution in [1.29, 1.82) is 0 Å². The van der Waals surface area contributed by atoms with Crippen LogP contribution in [-0.2, 0) is 19.2 Å². The van der Waals surface area contributed by atoms with Crippen LogP contribution in [0.5, 0.6) is 0 Å². The third kappa shape index (κ3) is 6.12. The van der Waals surface area contributed by atoms with Gasteiger partial charge < -0.3 is 20.6 Å². The summed E-state index contributed by atoms with van der Waals surface area (Å²) >= 11 is 1.20. The third-order valence-electron chi connectivity index (χ3n) is 2.57. The van der Waals surface area contributed by atoms with E-state index in [4.69, 9.17) is 5.11 Å². The van der Waals surface area contributed by atoms with E-state index in [9.17, 15) is 24.0 Å². The average Bonchev–Trinajstić information content (AvgIpc) is 2.80. The molecule has 123 valence electrons. The number of nitrogens with zero attached hydrogens (tertiary/aromatic N) is 1. The molecular formula is C11H14BN4O6S. The van der Waals surface area contributed by atoms with Crippen molar-refractivity contribution in [3.63, 3.8) is 0 Å². The smallest absolute Gasteiger partial charge is 0.375 e. The van der Waals surface area contributed by atoms with Crippen LogP contribution in [0.25, 0.3) is 0 Å². The third-order valence-corrected chi connectivity index (χ3v) is 3.02. The Morgan fingerprint density at radius 3 is 2.43 bits per heavy atom. The Morgan fingerprint density at radius 1 is 1.30 bits per heavy atom. The van der Waals surface area contributed by atoms with Gasteiger partial charge in [-0.1, -0.05) is 11.9 Å². The van der Waals surface area contributed by atoms with Crippen LogP contribution in [-0.4, -0.2) is 72.2 Å². The molecule has 1 radical (unpaired) electrons. The molecule has 0 aromatic rings. The first-order chi connectivity index (χ1) is 10.8. The van der Waals surface area contributed by atoms with Gasteiger partial charge in [-0.15, -0.1) is 0 Å². The molecule has 0 aromatic heterocycles. The lowest BCUT2D eigenvalue weighted by Crippen LogP contribution is -2.54. The molecule has 0 aromatic carbocycles. The van der Waals surface area contributed by atoms with Crippen LogP contribution in [0.1, 0.15) is 0 Å². The molecule has 1 aliphatic rings. The highest BCUT2D eigenvalue weighted by Crippen LogP contribution is 2.01. The van der Waals surface area contributed by atoms with Gasteiger partial charge in [0, 0.05) is 18.7 Å². The molecule has 0 aliphatic carbocycles. The second-order valence-electron chi connectivity index (χ2n) is 4.23. The lowest BCUT2D eigenvalue weighted by Gasteiger charge is -2.19. The second-order valence-corrected chi connectivity index (χ2v) is 4.93. The minimum atomic E-state index is -1.23. The van der Waals surface area contributed by atoms with Gasteiger partial charge in [0.2, 0.25) is 17.7 Å². The standard InChI is InChI=1S/C11H14BN4O6S/c1-23-14-4-6(10(21)13-5-9(19)20)15-11(22)12-16-7(17)2-3-8(16)18/h2-3,6,14H,4-5H2,1H3,(H,13,21)(H,15,22)(H,19,20). The number of imide groups is 1. The van der Waals surface area contributed by atoms with E-state index < -0.39 is 42.1 Å². The maximum absolute atomic E-state index is 11.8. The zero-order chi connectivity index (χ0) is 17.4. The second kappa shape index (κ2) is 8.95. The Kier molecular flexibility index (Phi) is 7.28. The number of carboxylic acid groups (broad SMARTS) is 1. The average molecular weight is 341 g/mol. The fraction of sp³-hybridized carbons (Fsp3) is 0.364. The van der Waals surface area contributed by atoms with Crippen LogP contribution in [0.15, 0.2) is 12.2 Å². The van der Waals surface area contributed by atoms with Gasteiger partial charge in [0.1, 0.15) is 12.6 Å². The van der Waals surface area contributed by atoms with Crippen LogP contribution >= 0.6 is 11.9 Å². The van der Waals surface area contributed by atoms with Crippen LogP contribution in [0, 0.1) is 0 Å². The number of carboxylic acids is 1. The first-order valence-corrected chi connectivity index (χ1v) is 7.53. The van der Waals surface area contributed by atoms with Gasteiger partial charge in [-0.05, 0) is 6.26 Å². The van der Waals surface area contributed by atoms with E-state index in [1.165, 1.54) is 11.9 Å². The summed E-state index contributed by atoms with van der Waals surface area (Å²) < 4.78 is 2.75. The first kappa shape index (κ1) is 18.7. The molecule has 1 atom stereocenters. The molecule has 0 saturated heterocycles. The Hall–Kier alpha value is -2.34. The molecule has 0 spiro atoms. The number of amides is 4. The molecule has 1 unspecified atom stereocenters. The highest BCUT2D eigenvalue weighted by molar-refractivity contribution is 7.96. The topological polar surface area (TPSA) is 145 Å². The van der Waals surface area contributed by atoms with Crippen LogP contribution < -0.4 is 15.4 Å². The summed E-state index contributed by atoms with van der Waals surface area (Å²) in [6.45, 7) is -0.576. The molecule has 0 bridgehead atoms. The largest absolute Gasteiger partial charge is 0.480 e. The summed E-state index contributed by atoms with van der Waals surface area (Å²) in [6.07, 6.45) is 3.73. The maximum atomic E-state index is 11.8. The lowest BCUT2D eigenvalue weighted by molar-refractivity contribution is -0.138. The number of rotatable bonds is 9. The molecule has 1 heterocycles. The molecule has 1 aliphatic heterocycles. The number of nitrogens with one attached hydrogen (secondary N) is 3. The van der Waals surface area contributed by atoms with Gasteiger partial charge in [-0.25, -0.2) is 0 Å². The van der Waals surface area contributed by atoms with E-state index in [0.29, 0.717) is 4.81 Å². The molecular weight excluding hydrogens is 327 g/mol.